The van der Waals surface area contributed by atoms with Crippen LogP contribution < -0.4 is 5.73 Å². The van der Waals surface area contributed by atoms with Crippen LogP contribution in [0.15, 0.2) is 30.7 Å². The molecule has 0 radical (unpaired) electrons. The van der Waals surface area contributed by atoms with Crippen LogP contribution in [0.2, 0.25) is 0 Å². The molecule has 2 N–H and O–H groups in total. The first-order valence-electron chi connectivity index (χ1n) is 4.35. The first-order chi connectivity index (χ1) is 6.77. The van der Waals surface area contributed by atoms with Crippen molar-refractivity contribution in [1.82, 2.24) is 20.0 Å². The maximum Gasteiger partial charge on any atom is 0.0995 e. The molecule has 14 heavy (non-hydrogen) atoms. The quantitative estimate of drug-likeness (QED) is 0.754. The highest BCUT2D eigenvalue weighted by Crippen LogP contribution is 2.08. The summed E-state index contributed by atoms with van der Waals surface area (Å²) in [6.45, 7) is 1.87. The average molecular weight is 189 g/mol. The normalized spacial score (nSPS) is 12.7. The smallest absolute Gasteiger partial charge is 0.0995 e. The van der Waals surface area contributed by atoms with Gasteiger partial charge in [-0.25, -0.2) is 4.68 Å². The van der Waals surface area contributed by atoms with Gasteiger partial charge in [0, 0.05) is 12.2 Å². The van der Waals surface area contributed by atoms with Crippen molar-refractivity contribution in [2.45, 2.75) is 13.0 Å². The predicted octanol–water partition coefficient (Wildman–Crippen LogP) is 0.682. The van der Waals surface area contributed by atoms with Gasteiger partial charge in [0.15, 0.2) is 0 Å². The van der Waals surface area contributed by atoms with Gasteiger partial charge in [0.1, 0.15) is 0 Å². The van der Waals surface area contributed by atoms with Gasteiger partial charge in [0.05, 0.1) is 23.8 Å². The summed E-state index contributed by atoms with van der Waals surface area (Å²) in [5, 5.41) is 7.91. The first-order valence-corrected chi connectivity index (χ1v) is 4.35. The molecule has 0 bridgehead atoms. The molecular weight excluding hydrogens is 178 g/mol. The molecule has 2 heterocycles. The van der Waals surface area contributed by atoms with Gasteiger partial charge in [-0.05, 0) is 19.1 Å². The number of nitrogens with two attached hydrogens (primary N) is 1. The lowest BCUT2D eigenvalue weighted by atomic mass is 10.3. The van der Waals surface area contributed by atoms with Crippen molar-refractivity contribution in [3.05, 3.63) is 36.4 Å². The summed E-state index contributed by atoms with van der Waals surface area (Å²) >= 11 is 0. The summed E-state index contributed by atoms with van der Waals surface area (Å²) in [6.07, 6.45) is 5.24. The maximum absolute atomic E-state index is 5.67. The van der Waals surface area contributed by atoms with Crippen LogP contribution >= 0.6 is 0 Å². The Balaban J connectivity index is 2.34. The fourth-order valence-corrected chi connectivity index (χ4v) is 1.10. The second-order valence-electron chi connectivity index (χ2n) is 3.09. The van der Waals surface area contributed by atoms with Crippen LogP contribution in [0.5, 0.6) is 0 Å². The van der Waals surface area contributed by atoms with E-state index in [9.17, 15) is 0 Å². The van der Waals surface area contributed by atoms with Gasteiger partial charge in [-0.1, -0.05) is 5.21 Å². The van der Waals surface area contributed by atoms with E-state index in [1.807, 2.05) is 25.3 Å². The Hall–Kier alpha value is -1.75. The third-order valence-corrected chi connectivity index (χ3v) is 1.89. The molecule has 0 saturated heterocycles. The highest BCUT2D eigenvalue weighted by molar-refractivity contribution is 5.26. The van der Waals surface area contributed by atoms with Crippen LogP contribution in [-0.4, -0.2) is 20.0 Å². The molecule has 5 heteroatoms. The molecule has 0 unspecified atom stereocenters. The standard InChI is InChI=1S/C9H11N5/c1-7(10)9-6-14(13-12-9)8-3-2-4-11-5-8/h2-7H,10H2,1H3/t7-/m1/s1. The van der Waals surface area contributed by atoms with E-state index in [2.05, 4.69) is 15.3 Å². The van der Waals surface area contributed by atoms with Crippen LogP contribution in [0.1, 0.15) is 18.7 Å². The molecule has 0 saturated carbocycles. The van der Waals surface area contributed by atoms with Gasteiger partial charge >= 0.3 is 0 Å². The van der Waals surface area contributed by atoms with E-state index in [1.54, 1.807) is 17.1 Å². The second-order valence-corrected chi connectivity index (χ2v) is 3.09. The van der Waals surface area contributed by atoms with Gasteiger partial charge in [-0.2, -0.15) is 0 Å². The summed E-state index contributed by atoms with van der Waals surface area (Å²) < 4.78 is 1.66. The van der Waals surface area contributed by atoms with Crippen molar-refractivity contribution in [1.29, 1.82) is 0 Å². The zero-order valence-corrected chi connectivity index (χ0v) is 7.83. The highest BCUT2D eigenvalue weighted by Gasteiger charge is 2.05. The molecule has 72 valence electrons. The first kappa shape index (κ1) is 8.83. The van der Waals surface area contributed by atoms with Crippen molar-refractivity contribution in [3.8, 4) is 5.69 Å². The third-order valence-electron chi connectivity index (χ3n) is 1.89. The minimum absolute atomic E-state index is 0.0968. The van der Waals surface area contributed by atoms with Crippen molar-refractivity contribution < 1.29 is 0 Å². The zero-order valence-electron chi connectivity index (χ0n) is 7.83. The number of hydrogen-bond donors (Lipinski definition) is 1. The highest BCUT2D eigenvalue weighted by atomic mass is 15.4. The monoisotopic (exact) mass is 189 g/mol. The number of aromatic nitrogens is 4. The van der Waals surface area contributed by atoms with Gasteiger partial charge < -0.3 is 5.73 Å². The SMILES string of the molecule is C[C@@H](N)c1cn(-c2cccnc2)nn1. The molecular formula is C9H11N5. The fourth-order valence-electron chi connectivity index (χ4n) is 1.10. The Bertz CT molecular complexity index is 406. The number of nitrogens with zero attached hydrogens (tertiary/aromatic N) is 4. The van der Waals surface area contributed by atoms with E-state index in [0.29, 0.717) is 0 Å². The number of pyridine rings is 1. The van der Waals surface area contributed by atoms with Gasteiger partial charge in [0.2, 0.25) is 0 Å². The Morgan fingerprint density at radius 1 is 1.50 bits per heavy atom. The molecule has 2 aromatic heterocycles. The molecule has 0 aliphatic heterocycles. The van der Waals surface area contributed by atoms with Crippen LogP contribution in [0.25, 0.3) is 5.69 Å². The minimum Gasteiger partial charge on any atom is -0.323 e. The minimum atomic E-state index is -0.0968. The maximum atomic E-state index is 5.67. The van der Waals surface area contributed by atoms with E-state index in [4.69, 9.17) is 5.73 Å². The van der Waals surface area contributed by atoms with Crippen LogP contribution in [0.3, 0.4) is 0 Å². The molecule has 0 spiro atoms. The van der Waals surface area contributed by atoms with E-state index >= 15 is 0 Å². The molecule has 0 aliphatic rings. The molecule has 0 aliphatic carbocycles. The van der Waals surface area contributed by atoms with Crippen LogP contribution in [0.4, 0.5) is 0 Å². The fraction of sp³-hybridized carbons (Fsp3) is 0.222. The van der Waals surface area contributed by atoms with Crippen LogP contribution in [-0.2, 0) is 0 Å². The van der Waals surface area contributed by atoms with Gasteiger partial charge in [-0.3, -0.25) is 4.98 Å². The summed E-state index contributed by atoms with van der Waals surface area (Å²) in [6, 6.07) is 3.66. The van der Waals surface area contributed by atoms with E-state index in [0.717, 1.165) is 11.4 Å². The Morgan fingerprint density at radius 3 is 2.93 bits per heavy atom. The largest absolute Gasteiger partial charge is 0.323 e. The predicted molar refractivity (Wildman–Crippen MR) is 51.8 cm³/mol. The second kappa shape index (κ2) is 3.55. The molecule has 0 amide bonds. The van der Waals surface area contributed by atoms with Crippen molar-refractivity contribution in [2.24, 2.45) is 5.73 Å². The third kappa shape index (κ3) is 1.62. The molecule has 0 aromatic carbocycles. The molecule has 2 rings (SSSR count). The van der Waals surface area contributed by atoms with E-state index in [-0.39, 0.29) is 6.04 Å². The summed E-state index contributed by atoms with van der Waals surface area (Å²) in [7, 11) is 0. The molecule has 1 atom stereocenters. The lowest BCUT2D eigenvalue weighted by Crippen LogP contribution is -2.04. The lowest BCUT2D eigenvalue weighted by Gasteiger charge is -1.97. The molecule has 2 aromatic rings. The summed E-state index contributed by atoms with van der Waals surface area (Å²) in [5.74, 6) is 0. The van der Waals surface area contributed by atoms with Crippen molar-refractivity contribution in [3.63, 3.8) is 0 Å². The van der Waals surface area contributed by atoms with Gasteiger partial charge in [-0.15, -0.1) is 5.10 Å². The Labute approximate surface area is 81.6 Å². The summed E-state index contributed by atoms with van der Waals surface area (Å²) in [4.78, 5) is 4.00. The van der Waals surface area contributed by atoms with Crippen molar-refractivity contribution >= 4 is 0 Å². The molecule has 5 nitrogen and oxygen atoms in total. The van der Waals surface area contributed by atoms with Crippen molar-refractivity contribution in [2.75, 3.05) is 0 Å². The summed E-state index contributed by atoms with van der Waals surface area (Å²) in [5.41, 5.74) is 7.33. The lowest BCUT2D eigenvalue weighted by molar-refractivity contribution is 0.756. The number of rotatable bonds is 2. The average Bonchev–Trinajstić information content (AvgIpc) is 2.68. The Morgan fingerprint density at radius 2 is 2.36 bits per heavy atom. The van der Waals surface area contributed by atoms with E-state index < -0.39 is 0 Å². The number of hydrogen-bond acceptors (Lipinski definition) is 4. The topological polar surface area (TPSA) is 69.6 Å². The Kier molecular flexibility index (Phi) is 2.24. The van der Waals surface area contributed by atoms with Gasteiger partial charge in [0.25, 0.3) is 0 Å². The molecule has 0 fully saturated rings. The van der Waals surface area contributed by atoms with Crippen LogP contribution in [0, 0.1) is 0 Å². The zero-order chi connectivity index (χ0) is 9.97. The van der Waals surface area contributed by atoms with E-state index in [1.165, 1.54) is 0 Å².